The van der Waals surface area contributed by atoms with Gasteiger partial charge in [-0.3, -0.25) is 4.40 Å². The molecule has 1 atom stereocenters. The Bertz CT molecular complexity index is 522. The third-order valence-electron chi connectivity index (χ3n) is 2.72. The van der Waals surface area contributed by atoms with Gasteiger partial charge in [0.05, 0.1) is 5.38 Å². The Kier molecular flexibility index (Phi) is 4.01. The maximum Gasteiger partial charge on any atom is 0.203 e. The van der Waals surface area contributed by atoms with Crippen LogP contribution >= 0.6 is 11.6 Å². The average Bonchev–Trinajstić information content (AvgIpc) is 2.68. The van der Waals surface area contributed by atoms with E-state index in [1.165, 1.54) is 0 Å². The Morgan fingerprint density at radius 3 is 2.89 bits per heavy atom. The van der Waals surface area contributed by atoms with Crippen LogP contribution in [-0.4, -0.2) is 31.5 Å². The van der Waals surface area contributed by atoms with Gasteiger partial charge >= 0.3 is 0 Å². The molecule has 0 aliphatic heterocycles. The van der Waals surface area contributed by atoms with Crippen LogP contribution in [0.4, 0.5) is 5.82 Å². The van der Waals surface area contributed by atoms with Crippen LogP contribution in [-0.2, 0) is 0 Å². The van der Waals surface area contributed by atoms with Crippen LogP contribution in [0.5, 0.6) is 0 Å². The minimum absolute atomic E-state index is 0.0936. The monoisotopic (exact) mass is 267 g/mol. The number of nitrogens with zero attached hydrogens (tertiary/aromatic N) is 4. The van der Waals surface area contributed by atoms with Crippen LogP contribution in [0.2, 0.25) is 0 Å². The molecule has 0 aliphatic rings. The van der Waals surface area contributed by atoms with E-state index in [0.717, 1.165) is 23.7 Å². The summed E-state index contributed by atoms with van der Waals surface area (Å²) in [5.41, 5.74) is 0.739. The zero-order valence-corrected chi connectivity index (χ0v) is 11.6. The molecule has 0 aromatic carbocycles. The molecule has 1 N–H and O–H groups in total. The fourth-order valence-electron chi connectivity index (χ4n) is 1.87. The van der Waals surface area contributed by atoms with Gasteiger partial charge in [-0.2, -0.15) is 0 Å². The molecule has 6 heteroatoms. The molecule has 98 valence electrons. The van der Waals surface area contributed by atoms with Crippen molar-refractivity contribution < 1.29 is 0 Å². The molecular formula is C12H18ClN5. The first-order valence-electron chi connectivity index (χ1n) is 6.12. The molecule has 0 spiro atoms. The van der Waals surface area contributed by atoms with E-state index in [4.69, 9.17) is 11.6 Å². The molecule has 0 saturated carbocycles. The van der Waals surface area contributed by atoms with Crippen molar-refractivity contribution in [2.75, 3.05) is 11.9 Å². The first-order valence-corrected chi connectivity index (χ1v) is 6.56. The van der Waals surface area contributed by atoms with Crippen molar-refractivity contribution in [3.63, 3.8) is 0 Å². The number of hydrogen-bond acceptors (Lipinski definition) is 4. The summed E-state index contributed by atoms with van der Waals surface area (Å²) < 4.78 is 1.90. The maximum atomic E-state index is 6.25. The lowest BCUT2D eigenvalue weighted by atomic mass is 10.1. The molecule has 2 aromatic heterocycles. The standard InChI is InChI=1S/C12H18ClN5/c1-8(2)6-10(13)7-15-11-12-17-16-9(3)18(12)5-4-14-11/h4-5,8,10H,6-7H2,1-3H3,(H,14,15). The van der Waals surface area contributed by atoms with Gasteiger partial charge in [-0.25, -0.2) is 4.98 Å². The lowest BCUT2D eigenvalue weighted by molar-refractivity contribution is 0.572. The quantitative estimate of drug-likeness (QED) is 0.846. The molecule has 2 heterocycles. The van der Waals surface area contributed by atoms with Gasteiger partial charge in [-0.15, -0.1) is 21.8 Å². The molecule has 0 fully saturated rings. The molecule has 5 nitrogen and oxygen atoms in total. The van der Waals surface area contributed by atoms with E-state index < -0.39 is 0 Å². The summed E-state index contributed by atoms with van der Waals surface area (Å²) in [6.07, 6.45) is 4.56. The van der Waals surface area contributed by atoms with Gasteiger partial charge in [0, 0.05) is 18.9 Å². The Labute approximate surface area is 112 Å². The second kappa shape index (κ2) is 5.52. The summed E-state index contributed by atoms with van der Waals surface area (Å²) in [5, 5.41) is 11.5. The number of anilines is 1. The topological polar surface area (TPSA) is 55.1 Å². The van der Waals surface area contributed by atoms with E-state index >= 15 is 0 Å². The predicted molar refractivity (Wildman–Crippen MR) is 73.1 cm³/mol. The number of hydrogen-bond donors (Lipinski definition) is 1. The minimum Gasteiger partial charge on any atom is -0.365 e. The highest BCUT2D eigenvalue weighted by Crippen LogP contribution is 2.15. The Morgan fingerprint density at radius 1 is 1.39 bits per heavy atom. The van der Waals surface area contributed by atoms with Crippen molar-refractivity contribution in [1.82, 2.24) is 19.6 Å². The molecular weight excluding hydrogens is 250 g/mol. The highest BCUT2D eigenvalue weighted by atomic mass is 35.5. The molecule has 2 aromatic rings. The third-order valence-corrected chi connectivity index (χ3v) is 3.05. The van der Waals surface area contributed by atoms with Gasteiger partial charge in [-0.1, -0.05) is 13.8 Å². The smallest absolute Gasteiger partial charge is 0.203 e. The van der Waals surface area contributed by atoms with E-state index in [0.29, 0.717) is 12.5 Å². The SMILES string of the molecule is Cc1nnc2c(NCC(Cl)CC(C)C)nccn12. The second-order valence-corrected chi connectivity index (χ2v) is 5.44. The van der Waals surface area contributed by atoms with Gasteiger partial charge in [0.25, 0.3) is 0 Å². The van der Waals surface area contributed by atoms with Crippen LogP contribution in [0.3, 0.4) is 0 Å². The Balaban J connectivity index is 2.08. The van der Waals surface area contributed by atoms with Crippen LogP contribution in [0.15, 0.2) is 12.4 Å². The molecule has 0 amide bonds. The van der Waals surface area contributed by atoms with Crippen molar-refractivity contribution in [2.45, 2.75) is 32.6 Å². The van der Waals surface area contributed by atoms with E-state index in [9.17, 15) is 0 Å². The number of aromatic nitrogens is 4. The summed E-state index contributed by atoms with van der Waals surface area (Å²) in [6, 6.07) is 0. The number of fused-ring (bicyclic) bond motifs is 1. The highest BCUT2D eigenvalue weighted by molar-refractivity contribution is 6.20. The zero-order valence-electron chi connectivity index (χ0n) is 10.9. The normalized spacial score (nSPS) is 13.2. The van der Waals surface area contributed by atoms with Gasteiger partial charge in [0.15, 0.2) is 5.82 Å². The predicted octanol–water partition coefficient (Wildman–Crippen LogP) is 2.50. The molecule has 0 aliphatic carbocycles. The summed E-state index contributed by atoms with van der Waals surface area (Å²) in [6.45, 7) is 6.91. The van der Waals surface area contributed by atoms with Crippen molar-refractivity contribution in [3.05, 3.63) is 18.2 Å². The third kappa shape index (κ3) is 2.90. The first-order chi connectivity index (χ1) is 8.58. The summed E-state index contributed by atoms with van der Waals surface area (Å²) >= 11 is 6.25. The molecule has 0 bridgehead atoms. The van der Waals surface area contributed by atoms with Crippen LogP contribution in [0.1, 0.15) is 26.1 Å². The van der Waals surface area contributed by atoms with E-state index in [1.807, 2.05) is 17.5 Å². The van der Waals surface area contributed by atoms with Gasteiger partial charge in [-0.05, 0) is 19.3 Å². The lowest BCUT2D eigenvalue weighted by Gasteiger charge is -2.13. The van der Waals surface area contributed by atoms with Crippen molar-refractivity contribution >= 4 is 23.1 Å². The number of alkyl halides is 1. The number of halogens is 1. The number of aryl methyl sites for hydroxylation is 1. The van der Waals surface area contributed by atoms with Crippen LogP contribution < -0.4 is 5.32 Å². The first kappa shape index (κ1) is 13.1. The van der Waals surface area contributed by atoms with Crippen molar-refractivity contribution in [2.24, 2.45) is 5.92 Å². The number of nitrogens with one attached hydrogen (secondary N) is 1. The van der Waals surface area contributed by atoms with Gasteiger partial charge in [0.1, 0.15) is 5.82 Å². The van der Waals surface area contributed by atoms with E-state index in [-0.39, 0.29) is 5.38 Å². The largest absolute Gasteiger partial charge is 0.365 e. The van der Waals surface area contributed by atoms with Gasteiger partial charge in [0.2, 0.25) is 5.65 Å². The van der Waals surface area contributed by atoms with Gasteiger partial charge < -0.3 is 5.32 Å². The van der Waals surface area contributed by atoms with E-state index in [2.05, 4.69) is 34.3 Å². The molecule has 0 radical (unpaired) electrons. The maximum absolute atomic E-state index is 6.25. The second-order valence-electron chi connectivity index (χ2n) is 4.82. The van der Waals surface area contributed by atoms with Crippen molar-refractivity contribution in [3.8, 4) is 0 Å². The van der Waals surface area contributed by atoms with Crippen LogP contribution in [0.25, 0.3) is 5.65 Å². The minimum atomic E-state index is 0.0936. The fourth-order valence-corrected chi connectivity index (χ4v) is 2.30. The highest BCUT2D eigenvalue weighted by Gasteiger charge is 2.10. The molecule has 0 saturated heterocycles. The Morgan fingerprint density at radius 2 is 2.17 bits per heavy atom. The van der Waals surface area contributed by atoms with E-state index in [1.54, 1.807) is 6.20 Å². The molecule has 18 heavy (non-hydrogen) atoms. The van der Waals surface area contributed by atoms with Crippen LogP contribution in [0, 0.1) is 12.8 Å². The summed E-state index contributed by atoms with van der Waals surface area (Å²) in [5.74, 6) is 2.17. The molecule has 1 unspecified atom stereocenters. The average molecular weight is 268 g/mol. The fraction of sp³-hybridized carbons (Fsp3) is 0.583. The molecule has 2 rings (SSSR count). The Hall–Kier alpha value is -1.36. The zero-order chi connectivity index (χ0) is 13.1. The lowest BCUT2D eigenvalue weighted by Crippen LogP contribution is -2.17. The van der Waals surface area contributed by atoms with Crippen molar-refractivity contribution in [1.29, 1.82) is 0 Å². The summed E-state index contributed by atoms with van der Waals surface area (Å²) in [7, 11) is 0. The summed E-state index contributed by atoms with van der Waals surface area (Å²) in [4.78, 5) is 4.28. The number of rotatable bonds is 5.